The van der Waals surface area contributed by atoms with Crippen molar-refractivity contribution < 1.29 is 0 Å². The molecule has 0 saturated heterocycles. The molecule has 2 aromatic heterocycles. The highest BCUT2D eigenvalue weighted by Crippen LogP contribution is 2.16. The van der Waals surface area contributed by atoms with E-state index in [1.807, 2.05) is 0 Å². The van der Waals surface area contributed by atoms with E-state index in [2.05, 4.69) is 56.0 Å². The van der Waals surface area contributed by atoms with Crippen molar-refractivity contribution in [3.63, 3.8) is 0 Å². The minimum Gasteiger partial charge on any atom is -0.319 e. The third-order valence-electron chi connectivity index (χ3n) is 1.97. The molecule has 4 nitrogen and oxygen atoms in total. The first kappa shape index (κ1) is 10.0. The van der Waals surface area contributed by atoms with Gasteiger partial charge in [0.05, 0.1) is 6.33 Å². The average Bonchev–Trinajstić information content (AvgIpc) is 2.47. The molecule has 0 bridgehead atoms. The normalized spacial score (nSPS) is 11.4. The van der Waals surface area contributed by atoms with Crippen molar-refractivity contribution in [3.05, 3.63) is 14.8 Å². The highest BCUT2D eigenvalue weighted by atomic mass is 127. The van der Waals surface area contributed by atoms with Gasteiger partial charge in [0.2, 0.25) is 0 Å². The monoisotopic (exact) mass is 320 g/mol. The van der Waals surface area contributed by atoms with E-state index in [0.29, 0.717) is 10.7 Å². The second-order valence-electron chi connectivity index (χ2n) is 3.28. The first-order valence-corrected chi connectivity index (χ1v) is 5.70. The summed E-state index contributed by atoms with van der Waals surface area (Å²) in [4.78, 5) is 11.6. The van der Waals surface area contributed by atoms with E-state index in [1.165, 1.54) is 0 Å². The molecule has 0 spiro atoms. The van der Waals surface area contributed by atoms with E-state index in [1.54, 1.807) is 6.33 Å². The van der Waals surface area contributed by atoms with Crippen molar-refractivity contribution in [1.82, 2.24) is 19.5 Å². The molecule has 0 aromatic carbocycles. The number of aromatic amines is 1. The maximum atomic E-state index is 5.13. The van der Waals surface area contributed by atoms with Crippen LogP contribution in [0.1, 0.15) is 19.9 Å². The Labute approximate surface area is 99.9 Å². The van der Waals surface area contributed by atoms with Crippen LogP contribution in [0.15, 0.2) is 6.33 Å². The molecule has 0 unspecified atom stereocenters. The minimum absolute atomic E-state index is 0.365. The summed E-state index contributed by atoms with van der Waals surface area (Å²) in [5.41, 5.74) is 1.72. The lowest BCUT2D eigenvalue weighted by atomic mass is 10.4. The van der Waals surface area contributed by atoms with Crippen molar-refractivity contribution in [1.29, 1.82) is 0 Å². The smallest absolute Gasteiger partial charge is 0.171 e. The van der Waals surface area contributed by atoms with Crippen molar-refractivity contribution in [2.45, 2.75) is 19.9 Å². The topological polar surface area (TPSA) is 46.5 Å². The number of aromatic nitrogens is 4. The number of nitrogens with one attached hydrogen (secondary N) is 1. The minimum atomic E-state index is 0.365. The summed E-state index contributed by atoms with van der Waals surface area (Å²) in [5, 5.41) is 0. The molecule has 0 fully saturated rings. The van der Waals surface area contributed by atoms with E-state index in [9.17, 15) is 0 Å². The Balaban J connectivity index is 2.85. The number of hydrogen-bond acceptors (Lipinski definition) is 3. The lowest BCUT2D eigenvalue weighted by Gasteiger charge is -2.07. The third kappa shape index (κ3) is 1.56. The number of imidazole rings is 1. The van der Waals surface area contributed by atoms with Crippen LogP contribution in [-0.2, 0) is 0 Å². The number of rotatable bonds is 1. The van der Waals surface area contributed by atoms with Crippen molar-refractivity contribution in [2.24, 2.45) is 0 Å². The van der Waals surface area contributed by atoms with E-state index in [-0.39, 0.29) is 0 Å². The molecule has 6 heteroatoms. The van der Waals surface area contributed by atoms with Gasteiger partial charge < -0.3 is 9.55 Å². The Morgan fingerprint density at radius 2 is 2.29 bits per heavy atom. The van der Waals surface area contributed by atoms with Crippen molar-refractivity contribution in [3.8, 4) is 0 Å². The van der Waals surface area contributed by atoms with E-state index < -0.39 is 0 Å². The van der Waals surface area contributed by atoms with Crippen LogP contribution in [0.5, 0.6) is 0 Å². The molecular weight excluding hydrogens is 311 g/mol. The molecule has 0 atom stereocenters. The lowest BCUT2D eigenvalue weighted by molar-refractivity contribution is 0.612. The summed E-state index contributed by atoms with van der Waals surface area (Å²) in [7, 11) is 0. The van der Waals surface area contributed by atoms with Gasteiger partial charge in [-0.05, 0) is 36.4 Å². The predicted molar refractivity (Wildman–Crippen MR) is 65.8 cm³/mol. The summed E-state index contributed by atoms with van der Waals surface area (Å²) in [5.74, 6) is 0. The van der Waals surface area contributed by atoms with Crippen LogP contribution >= 0.6 is 34.8 Å². The highest BCUT2D eigenvalue weighted by Gasteiger charge is 2.08. The average molecular weight is 320 g/mol. The molecule has 0 radical (unpaired) electrons. The standard InChI is InChI=1S/C8H9IN4S/c1-4(2)13-3-10-5-6(13)11-8(9)12-7(5)14/h3-4H,1-2H3,(H,11,12,14). The van der Waals surface area contributed by atoms with Crippen LogP contribution in [0.2, 0.25) is 0 Å². The third-order valence-corrected chi connectivity index (χ3v) is 2.77. The fourth-order valence-electron chi connectivity index (χ4n) is 1.30. The van der Waals surface area contributed by atoms with Gasteiger partial charge in [-0.3, -0.25) is 0 Å². The van der Waals surface area contributed by atoms with Crippen LogP contribution in [-0.4, -0.2) is 19.5 Å². The number of nitrogens with zero attached hydrogens (tertiary/aromatic N) is 3. The summed E-state index contributed by atoms with van der Waals surface area (Å²) in [6, 6.07) is 0.365. The molecule has 0 amide bonds. The summed E-state index contributed by atoms with van der Waals surface area (Å²) in [6.45, 7) is 4.20. The van der Waals surface area contributed by atoms with Crippen LogP contribution in [0.4, 0.5) is 0 Å². The Bertz CT molecular complexity index is 528. The molecule has 14 heavy (non-hydrogen) atoms. The second kappa shape index (κ2) is 3.58. The Kier molecular flexibility index (Phi) is 2.56. The van der Waals surface area contributed by atoms with Gasteiger partial charge in [0.15, 0.2) is 8.47 Å². The van der Waals surface area contributed by atoms with Gasteiger partial charge in [-0.2, -0.15) is 0 Å². The Morgan fingerprint density at radius 1 is 1.57 bits per heavy atom. The maximum Gasteiger partial charge on any atom is 0.171 e. The zero-order chi connectivity index (χ0) is 10.3. The zero-order valence-electron chi connectivity index (χ0n) is 7.78. The van der Waals surface area contributed by atoms with Gasteiger partial charge in [0.25, 0.3) is 0 Å². The van der Waals surface area contributed by atoms with Crippen LogP contribution in [0, 0.1) is 8.47 Å². The molecule has 1 N–H and O–H groups in total. The zero-order valence-corrected chi connectivity index (χ0v) is 10.8. The fourth-order valence-corrected chi connectivity index (χ4v) is 2.20. The molecule has 74 valence electrons. The number of H-pyrrole nitrogens is 1. The number of fused-ring (bicyclic) bond motifs is 1. The first-order chi connectivity index (χ1) is 6.59. The van der Waals surface area contributed by atoms with Crippen molar-refractivity contribution in [2.75, 3.05) is 0 Å². The SMILES string of the molecule is CC(C)n1cnc2c(=S)nc(I)[nH]c21. The molecule has 0 saturated carbocycles. The van der Waals surface area contributed by atoms with Gasteiger partial charge in [0, 0.05) is 6.04 Å². The summed E-state index contributed by atoms with van der Waals surface area (Å²) < 4.78 is 3.40. The van der Waals surface area contributed by atoms with Crippen LogP contribution in [0.3, 0.4) is 0 Å². The van der Waals surface area contributed by atoms with Gasteiger partial charge >= 0.3 is 0 Å². The molecule has 0 aliphatic rings. The molecule has 2 heterocycles. The molecular formula is C8H9IN4S. The van der Waals surface area contributed by atoms with Gasteiger partial charge in [-0.15, -0.1) is 0 Å². The van der Waals surface area contributed by atoms with E-state index >= 15 is 0 Å². The lowest BCUT2D eigenvalue weighted by Crippen LogP contribution is -2.01. The van der Waals surface area contributed by atoms with Gasteiger partial charge in [0.1, 0.15) is 11.2 Å². The quantitative estimate of drug-likeness (QED) is 0.499. The second-order valence-corrected chi connectivity index (χ2v) is 4.68. The summed E-state index contributed by atoms with van der Waals surface area (Å²) >= 11 is 7.25. The number of halogens is 1. The van der Waals surface area contributed by atoms with Gasteiger partial charge in [-0.25, -0.2) is 9.97 Å². The Hall–Kier alpha value is -0.500. The van der Waals surface area contributed by atoms with Crippen LogP contribution < -0.4 is 0 Å². The number of hydrogen-bond donors (Lipinski definition) is 1. The summed E-state index contributed by atoms with van der Waals surface area (Å²) in [6.07, 6.45) is 1.79. The molecule has 0 aliphatic carbocycles. The first-order valence-electron chi connectivity index (χ1n) is 4.22. The molecule has 2 rings (SSSR count). The molecule has 0 aliphatic heterocycles. The fraction of sp³-hybridized carbons (Fsp3) is 0.375. The predicted octanol–water partition coefficient (Wildman–Crippen LogP) is 2.67. The van der Waals surface area contributed by atoms with E-state index in [0.717, 1.165) is 15.0 Å². The van der Waals surface area contributed by atoms with Gasteiger partial charge in [-0.1, -0.05) is 12.2 Å². The van der Waals surface area contributed by atoms with E-state index in [4.69, 9.17) is 12.2 Å². The van der Waals surface area contributed by atoms with Crippen LogP contribution in [0.25, 0.3) is 11.2 Å². The molecule has 2 aromatic rings. The largest absolute Gasteiger partial charge is 0.319 e. The van der Waals surface area contributed by atoms with Crippen molar-refractivity contribution >= 4 is 46.0 Å². The Morgan fingerprint density at radius 3 is 2.93 bits per heavy atom. The maximum absolute atomic E-state index is 5.13. The highest BCUT2D eigenvalue weighted by molar-refractivity contribution is 14.1.